The van der Waals surface area contributed by atoms with Gasteiger partial charge in [-0.05, 0) is 6.92 Å². The Hall–Kier alpha value is -0.940. The average Bonchev–Trinajstić information content (AvgIpc) is 2.31. The minimum absolute atomic E-state index is 0.498. The molecule has 0 spiro atoms. The number of nitrogens with zero attached hydrogens (tertiary/aromatic N) is 4. The van der Waals surface area contributed by atoms with Crippen LogP contribution >= 0.6 is 0 Å². The van der Waals surface area contributed by atoms with Gasteiger partial charge in [0.15, 0.2) is 0 Å². The Labute approximate surface area is 77.0 Å². The van der Waals surface area contributed by atoms with Gasteiger partial charge in [0.1, 0.15) is 0 Å². The lowest BCUT2D eigenvalue weighted by atomic mass is 9.97. The summed E-state index contributed by atoms with van der Waals surface area (Å²) in [6.45, 7) is 4.08. The zero-order chi connectivity index (χ0) is 9.47. The third-order valence-corrected chi connectivity index (χ3v) is 2.16. The van der Waals surface area contributed by atoms with Crippen LogP contribution in [0.1, 0.15) is 12.6 Å². The Balaban J connectivity index is 1.87. The number of hydrogen-bond acceptors (Lipinski definition) is 4. The third-order valence-electron chi connectivity index (χ3n) is 2.16. The van der Waals surface area contributed by atoms with Crippen LogP contribution in [0.2, 0.25) is 0 Å². The maximum Gasteiger partial charge on any atom is 0.0967 e. The van der Waals surface area contributed by atoms with Crippen molar-refractivity contribution in [3.63, 3.8) is 0 Å². The molecule has 13 heavy (non-hydrogen) atoms. The SMILES string of the molecule is Cn1cc(CN2CC(C)(O)C2)nn1. The zero-order valence-corrected chi connectivity index (χ0v) is 7.93. The number of β-amino-alcohol motifs (C(OH)–C–C–N with tert-alkyl or cyclic N) is 1. The van der Waals surface area contributed by atoms with Gasteiger partial charge in [-0.25, -0.2) is 0 Å². The average molecular weight is 182 g/mol. The van der Waals surface area contributed by atoms with Crippen molar-refractivity contribution in [3.05, 3.63) is 11.9 Å². The number of aromatic nitrogens is 3. The molecular weight excluding hydrogens is 168 g/mol. The summed E-state index contributed by atoms with van der Waals surface area (Å²) in [5.41, 5.74) is 0.459. The van der Waals surface area contributed by atoms with Gasteiger partial charge in [-0.15, -0.1) is 5.10 Å². The second kappa shape index (κ2) is 2.78. The van der Waals surface area contributed by atoms with Crippen molar-refractivity contribution >= 4 is 0 Å². The Kier molecular flexibility index (Phi) is 1.85. The summed E-state index contributed by atoms with van der Waals surface area (Å²) in [7, 11) is 1.85. The summed E-state index contributed by atoms with van der Waals surface area (Å²) in [4.78, 5) is 2.14. The normalized spacial score (nSPS) is 21.5. The van der Waals surface area contributed by atoms with Gasteiger partial charge in [0, 0.05) is 32.9 Å². The third kappa shape index (κ3) is 1.87. The van der Waals surface area contributed by atoms with Crippen LogP contribution in [0.5, 0.6) is 0 Å². The Bertz CT molecular complexity index is 299. The lowest BCUT2D eigenvalue weighted by Crippen LogP contribution is -2.59. The molecule has 5 nitrogen and oxygen atoms in total. The van der Waals surface area contributed by atoms with Gasteiger partial charge in [-0.1, -0.05) is 5.21 Å². The first-order valence-electron chi connectivity index (χ1n) is 4.35. The molecule has 1 aromatic rings. The molecule has 1 aliphatic heterocycles. The highest BCUT2D eigenvalue weighted by Gasteiger charge is 2.36. The van der Waals surface area contributed by atoms with Crippen molar-refractivity contribution in [2.24, 2.45) is 7.05 Å². The molecule has 1 aromatic heterocycles. The van der Waals surface area contributed by atoms with Crippen LogP contribution < -0.4 is 0 Å². The lowest BCUT2D eigenvalue weighted by molar-refractivity contribution is -0.0875. The highest BCUT2D eigenvalue weighted by molar-refractivity contribution is 4.98. The Morgan fingerprint density at radius 1 is 1.62 bits per heavy atom. The molecule has 0 unspecified atom stereocenters. The minimum Gasteiger partial charge on any atom is -0.388 e. The second-order valence-corrected chi connectivity index (χ2v) is 4.03. The highest BCUT2D eigenvalue weighted by Crippen LogP contribution is 2.20. The molecule has 0 atom stereocenters. The number of rotatable bonds is 2. The molecule has 2 heterocycles. The monoisotopic (exact) mass is 182 g/mol. The first-order valence-corrected chi connectivity index (χ1v) is 4.35. The van der Waals surface area contributed by atoms with Crippen molar-refractivity contribution in [3.8, 4) is 0 Å². The van der Waals surface area contributed by atoms with Crippen molar-refractivity contribution in [1.29, 1.82) is 0 Å². The van der Waals surface area contributed by atoms with E-state index in [2.05, 4.69) is 15.2 Å². The summed E-state index contributed by atoms with van der Waals surface area (Å²) in [6.07, 6.45) is 1.90. The maximum atomic E-state index is 9.48. The molecule has 1 fully saturated rings. The van der Waals surface area contributed by atoms with E-state index in [1.54, 1.807) is 4.68 Å². The molecule has 0 saturated carbocycles. The first kappa shape index (κ1) is 8.65. The fraction of sp³-hybridized carbons (Fsp3) is 0.750. The Morgan fingerprint density at radius 3 is 2.77 bits per heavy atom. The van der Waals surface area contributed by atoms with E-state index < -0.39 is 5.60 Å². The summed E-state index contributed by atoms with van der Waals surface area (Å²) in [6, 6.07) is 0. The summed E-state index contributed by atoms with van der Waals surface area (Å²) in [5.74, 6) is 0. The zero-order valence-electron chi connectivity index (χ0n) is 7.93. The smallest absolute Gasteiger partial charge is 0.0967 e. The minimum atomic E-state index is -0.498. The van der Waals surface area contributed by atoms with Crippen LogP contribution in [0.25, 0.3) is 0 Å². The summed E-state index contributed by atoms with van der Waals surface area (Å²) < 4.78 is 1.69. The van der Waals surface area contributed by atoms with Crippen molar-refractivity contribution in [2.75, 3.05) is 13.1 Å². The molecule has 0 aromatic carbocycles. The number of aryl methyl sites for hydroxylation is 1. The van der Waals surface area contributed by atoms with E-state index in [9.17, 15) is 5.11 Å². The predicted molar refractivity (Wildman–Crippen MR) is 46.9 cm³/mol. The molecule has 5 heteroatoms. The number of aliphatic hydroxyl groups is 1. The van der Waals surface area contributed by atoms with Crippen molar-refractivity contribution < 1.29 is 5.11 Å². The maximum absolute atomic E-state index is 9.48. The first-order chi connectivity index (χ1) is 6.05. The van der Waals surface area contributed by atoms with Crippen LogP contribution in [-0.4, -0.2) is 43.7 Å². The lowest BCUT2D eigenvalue weighted by Gasteiger charge is -2.43. The molecule has 0 aliphatic carbocycles. The van der Waals surface area contributed by atoms with Crippen LogP contribution in [0, 0.1) is 0 Å². The molecular formula is C8H14N4O. The van der Waals surface area contributed by atoms with E-state index >= 15 is 0 Å². The van der Waals surface area contributed by atoms with Gasteiger partial charge in [0.2, 0.25) is 0 Å². The van der Waals surface area contributed by atoms with E-state index in [4.69, 9.17) is 0 Å². The number of hydrogen-bond donors (Lipinski definition) is 1. The van der Waals surface area contributed by atoms with E-state index in [1.165, 1.54) is 0 Å². The Morgan fingerprint density at radius 2 is 2.31 bits per heavy atom. The fourth-order valence-electron chi connectivity index (χ4n) is 1.73. The molecule has 2 rings (SSSR count). The van der Waals surface area contributed by atoms with Crippen LogP contribution in [-0.2, 0) is 13.6 Å². The van der Waals surface area contributed by atoms with Crippen molar-refractivity contribution in [2.45, 2.75) is 19.1 Å². The fourth-order valence-corrected chi connectivity index (χ4v) is 1.73. The molecule has 0 amide bonds. The van der Waals surface area contributed by atoms with E-state index in [0.29, 0.717) is 0 Å². The molecule has 1 saturated heterocycles. The number of likely N-dealkylation sites (tertiary alicyclic amines) is 1. The molecule has 1 N–H and O–H groups in total. The van der Waals surface area contributed by atoms with Crippen LogP contribution in [0.3, 0.4) is 0 Å². The van der Waals surface area contributed by atoms with E-state index in [-0.39, 0.29) is 0 Å². The van der Waals surface area contributed by atoms with Gasteiger partial charge in [-0.2, -0.15) is 0 Å². The van der Waals surface area contributed by atoms with E-state index in [0.717, 1.165) is 25.3 Å². The quantitative estimate of drug-likeness (QED) is 0.662. The topological polar surface area (TPSA) is 54.2 Å². The van der Waals surface area contributed by atoms with Gasteiger partial charge < -0.3 is 5.11 Å². The van der Waals surface area contributed by atoms with Gasteiger partial charge >= 0.3 is 0 Å². The van der Waals surface area contributed by atoms with E-state index in [1.807, 2.05) is 20.2 Å². The standard InChI is InChI=1S/C8H14N4O/c1-8(13)5-12(6-8)4-7-3-11(2)10-9-7/h3,13H,4-6H2,1-2H3. The molecule has 0 bridgehead atoms. The predicted octanol–water partition coefficient (Wildman–Crippen LogP) is -0.618. The van der Waals surface area contributed by atoms with Gasteiger partial charge in [0.05, 0.1) is 11.3 Å². The second-order valence-electron chi connectivity index (χ2n) is 4.03. The van der Waals surface area contributed by atoms with Gasteiger partial charge in [0.25, 0.3) is 0 Å². The molecule has 1 aliphatic rings. The summed E-state index contributed by atoms with van der Waals surface area (Å²) in [5, 5.41) is 17.3. The molecule has 0 radical (unpaired) electrons. The van der Waals surface area contributed by atoms with Crippen LogP contribution in [0.4, 0.5) is 0 Å². The highest BCUT2D eigenvalue weighted by atomic mass is 16.3. The van der Waals surface area contributed by atoms with Crippen LogP contribution in [0.15, 0.2) is 6.20 Å². The van der Waals surface area contributed by atoms with Gasteiger partial charge in [-0.3, -0.25) is 9.58 Å². The largest absolute Gasteiger partial charge is 0.388 e. The molecule has 72 valence electrons. The van der Waals surface area contributed by atoms with Crippen molar-refractivity contribution in [1.82, 2.24) is 19.9 Å². The summed E-state index contributed by atoms with van der Waals surface area (Å²) >= 11 is 0.